The van der Waals surface area contributed by atoms with Crippen LogP contribution in [-0.2, 0) is 6.42 Å². The highest BCUT2D eigenvalue weighted by Gasteiger charge is 2.39. The van der Waals surface area contributed by atoms with E-state index < -0.39 is 11.6 Å². The summed E-state index contributed by atoms with van der Waals surface area (Å²) in [6, 6.07) is 3.02. The summed E-state index contributed by atoms with van der Waals surface area (Å²) in [6.07, 6.45) is 2.25. The summed E-state index contributed by atoms with van der Waals surface area (Å²) in [4.78, 5) is 0. The maximum atomic E-state index is 13.6. The van der Waals surface area contributed by atoms with E-state index in [1.807, 2.05) is 13.8 Å². The molecule has 0 atom stereocenters. The Morgan fingerprint density at radius 2 is 1.94 bits per heavy atom. The van der Waals surface area contributed by atoms with Crippen LogP contribution in [0.25, 0.3) is 0 Å². The van der Waals surface area contributed by atoms with Gasteiger partial charge in [0.15, 0.2) is 11.6 Å². The summed E-state index contributed by atoms with van der Waals surface area (Å²) in [6.45, 7) is 3.93. The van der Waals surface area contributed by atoms with Crippen LogP contribution >= 0.6 is 0 Å². The van der Waals surface area contributed by atoms with Gasteiger partial charge < -0.3 is 5.73 Å². The lowest BCUT2D eigenvalue weighted by Crippen LogP contribution is -2.25. The van der Waals surface area contributed by atoms with Crippen LogP contribution in [0, 0.1) is 11.6 Å². The fraction of sp³-hybridized carbons (Fsp3) is 0.538. The predicted molar refractivity (Wildman–Crippen MR) is 60.3 cm³/mol. The second-order valence-electron chi connectivity index (χ2n) is 5.17. The molecule has 1 aromatic rings. The molecule has 0 bridgehead atoms. The second-order valence-corrected chi connectivity index (χ2v) is 5.17. The van der Waals surface area contributed by atoms with Crippen molar-refractivity contribution in [3.63, 3.8) is 0 Å². The van der Waals surface area contributed by atoms with Crippen molar-refractivity contribution in [3.8, 4) is 0 Å². The first-order valence-electron chi connectivity index (χ1n) is 5.68. The van der Waals surface area contributed by atoms with Crippen LogP contribution in [0.3, 0.4) is 0 Å². The van der Waals surface area contributed by atoms with Crippen molar-refractivity contribution in [3.05, 3.63) is 34.9 Å². The summed E-state index contributed by atoms with van der Waals surface area (Å²) in [7, 11) is 0. The van der Waals surface area contributed by atoms with E-state index in [4.69, 9.17) is 5.73 Å². The summed E-state index contributed by atoms with van der Waals surface area (Å²) in [5, 5.41) is 0. The Balaban J connectivity index is 2.34. The molecular weight excluding hydrogens is 208 g/mol. The first-order chi connectivity index (χ1) is 7.41. The summed E-state index contributed by atoms with van der Waals surface area (Å²) >= 11 is 0. The molecule has 0 spiro atoms. The highest BCUT2D eigenvalue weighted by atomic mass is 19.2. The van der Waals surface area contributed by atoms with E-state index in [9.17, 15) is 8.78 Å². The molecular formula is C13H17F2N. The van der Waals surface area contributed by atoms with Gasteiger partial charge in [0.25, 0.3) is 0 Å². The molecule has 2 N–H and O–H groups in total. The molecule has 3 heteroatoms. The maximum Gasteiger partial charge on any atom is 0.162 e. The Bertz CT molecular complexity index is 409. The third-order valence-electron chi connectivity index (χ3n) is 3.23. The highest BCUT2D eigenvalue weighted by molar-refractivity contribution is 5.30. The van der Waals surface area contributed by atoms with Gasteiger partial charge in [-0.1, -0.05) is 19.9 Å². The molecule has 0 aromatic heterocycles. The van der Waals surface area contributed by atoms with E-state index >= 15 is 0 Å². The monoisotopic (exact) mass is 225 g/mol. The Labute approximate surface area is 94.7 Å². The van der Waals surface area contributed by atoms with Crippen molar-refractivity contribution in [2.45, 2.75) is 44.6 Å². The number of nitrogens with two attached hydrogens (primary N) is 1. The number of benzene rings is 1. The van der Waals surface area contributed by atoms with E-state index in [-0.39, 0.29) is 11.5 Å². The molecule has 0 aliphatic heterocycles. The standard InChI is InChI=1S/C13H17F2N/c1-8(2)9-5-10(7-13(16)3-4-13)12(15)11(14)6-9/h5-6,8H,3-4,7,16H2,1-2H3. The fourth-order valence-electron chi connectivity index (χ4n) is 1.85. The topological polar surface area (TPSA) is 26.0 Å². The molecule has 2 rings (SSSR count). The zero-order valence-corrected chi connectivity index (χ0v) is 9.69. The van der Waals surface area contributed by atoms with E-state index in [0.717, 1.165) is 18.4 Å². The zero-order valence-electron chi connectivity index (χ0n) is 9.69. The van der Waals surface area contributed by atoms with Crippen LogP contribution in [0.2, 0.25) is 0 Å². The normalized spacial score (nSPS) is 17.9. The average Bonchev–Trinajstić information content (AvgIpc) is 2.91. The second kappa shape index (κ2) is 3.81. The zero-order chi connectivity index (χ0) is 11.9. The lowest BCUT2D eigenvalue weighted by atomic mass is 9.96. The van der Waals surface area contributed by atoms with Crippen LogP contribution in [0.1, 0.15) is 43.7 Å². The lowest BCUT2D eigenvalue weighted by molar-refractivity contribution is 0.489. The van der Waals surface area contributed by atoms with Gasteiger partial charge in [0.05, 0.1) is 0 Å². The molecule has 0 saturated heterocycles. The molecule has 1 saturated carbocycles. The van der Waals surface area contributed by atoms with Gasteiger partial charge in [0.2, 0.25) is 0 Å². The third-order valence-corrected chi connectivity index (χ3v) is 3.23. The first kappa shape index (κ1) is 11.5. The molecule has 0 heterocycles. The van der Waals surface area contributed by atoms with E-state index in [2.05, 4.69) is 0 Å². The lowest BCUT2D eigenvalue weighted by Gasteiger charge is -2.13. The molecule has 1 aromatic carbocycles. The molecule has 16 heavy (non-hydrogen) atoms. The van der Waals surface area contributed by atoms with Crippen LogP contribution < -0.4 is 5.73 Å². The minimum absolute atomic E-state index is 0.196. The Morgan fingerprint density at radius 3 is 2.44 bits per heavy atom. The van der Waals surface area contributed by atoms with Crippen molar-refractivity contribution in [1.29, 1.82) is 0 Å². The number of rotatable bonds is 3. The third kappa shape index (κ3) is 2.24. The fourth-order valence-corrected chi connectivity index (χ4v) is 1.85. The molecule has 1 nitrogen and oxygen atoms in total. The van der Waals surface area contributed by atoms with E-state index in [0.29, 0.717) is 12.0 Å². The molecule has 0 radical (unpaired) electrons. The van der Waals surface area contributed by atoms with Crippen LogP contribution in [0.15, 0.2) is 12.1 Å². The van der Waals surface area contributed by atoms with Crippen molar-refractivity contribution >= 4 is 0 Å². The van der Waals surface area contributed by atoms with Crippen LogP contribution in [0.4, 0.5) is 8.78 Å². The van der Waals surface area contributed by atoms with E-state index in [1.165, 1.54) is 6.07 Å². The van der Waals surface area contributed by atoms with Gasteiger partial charge >= 0.3 is 0 Å². The molecule has 1 aliphatic carbocycles. The quantitative estimate of drug-likeness (QED) is 0.840. The smallest absolute Gasteiger partial charge is 0.162 e. The van der Waals surface area contributed by atoms with Crippen LogP contribution in [-0.4, -0.2) is 5.54 Å². The summed E-state index contributed by atoms with van der Waals surface area (Å²) in [5.74, 6) is -1.30. The Morgan fingerprint density at radius 1 is 1.31 bits per heavy atom. The van der Waals surface area contributed by atoms with Crippen molar-refractivity contribution in [2.24, 2.45) is 5.73 Å². The molecule has 0 unspecified atom stereocenters. The van der Waals surface area contributed by atoms with Crippen molar-refractivity contribution < 1.29 is 8.78 Å². The van der Waals surface area contributed by atoms with E-state index in [1.54, 1.807) is 6.07 Å². The molecule has 88 valence electrons. The Kier molecular flexibility index (Phi) is 2.74. The largest absolute Gasteiger partial charge is 0.325 e. The minimum Gasteiger partial charge on any atom is -0.325 e. The van der Waals surface area contributed by atoms with Crippen LogP contribution in [0.5, 0.6) is 0 Å². The molecule has 1 aliphatic rings. The predicted octanol–water partition coefficient (Wildman–Crippen LogP) is 3.12. The van der Waals surface area contributed by atoms with Gasteiger partial charge in [-0.3, -0.25) is 0 Å². The minimum atomic E-state index is -0.759. The highest BCUT2D eigenvalue weighted by Crippen LogP contribution is 2.37. The SMILES string of the molecule is CC(C)c1cc(F)c(F)c(CC2(N)CC2)c1. The van der Waals surface area contributed by atoms with Gasteiger partial charge in [0, 0.05) is 5.54 Å². The van der Waals surface area contributed by atoms with Gasteiger partial charge in [-0.15, -0.1) is 0 Å². The van der Waals surface area contributed by atoms with Crippen molar-refractivity contribution in [1.82, 2.24) is 0 Å². The molecule has 1 fully saturated rings. The average molecular weight is 225 g/mol. The van der Waals surface area contributed by atoms with Gasteiger partial charge in [-0.05, 0) is 42.4 Å². The molecule has 0 amide bonds. The number of halogens is 2. The summed E-state index contributed by atoms with van der Waals surface area (Å²) in [5.41, 5.74) is 6.90. The maximum absolute atomic E-state index is 13.6. The Hall–Kier alpha value is -0.960. The van der Waals surface area contributed by atoms with Gasteiger partial charge in [-0.25, -0.2) is 8.78 Å². The number of hydrogen-bond donors (Lipinski definition) is 1. The number of hydrogen-bond acceptors (Lipinski definition) is 1. The summed E-state index contributed by atoms with van der Waals surface area (Å²) < 4.78 is 27.0. The van der Waals surface area contributed by atoms with Gasteiger partial charge in [-0.2, -0.15) is 0 Å². The van der Waals surface area contributed by atoms with Crippen molar-refractivity contribution in [2.75, 3.05) is 0 Å². The van der Waals surface area contributed by atoms with Gasteiger partial charge in [0.1, 0.15) is 0 Å². The first-order valence-corrected chi connectivity index (χ1v) is 5.68.